The van der Waals surface area contributed by atoms with Gasteiger partial charge in [0, 0.05) is 10.9 Å². The topological polar surface area (TPSA) is 54.7 Å². The summed E-state index contributed by atoms with van der Waals surface area (Å²) in [6.07, 6.45) is 0. The molecule has 0 radical (unpaired) electrons. The smallest absolute Gasteiger partial charge is 0.153 e. The highest BCUT2D eigenvalue weighted by molar-refractivity contribution is 6.43. The Labute approximate surface area is 153 Å². The number of hydrogen-bond acceptors (Lipinski definition) is 2. The molecule has 3 nitrogen and oxygen atoms in total. The molecular weight excluding hydrogens is 360 g/mol. The first-order chi connectivity index (χ1) is 12.0. The number of nitrogens with two attached hydrogens (primary N) is 1. The molecule has 0 unspecified atom stereocenters. The van der Waals surface area contributed by atoms with Crippen molar-refractivity contribution >= 4 is 39.9 Å². The average molecular weight is 372 g/mol. The number of hydrogen-bond donors (Lipinski definition) is 2. The average Bonchev–Trinajstić information content (AvgIpc) is 2.98. The lowest BCUT2D eigenvalue weighted by atomic mass is 9.94. The fraction of sp³-hybridized carbons (Fsp3) is 0. The van der Waals surface area contributed by atoms with Crippen LogP contribution in [0.5, 0.6) is 0 Å². The van der Waals surface area contributed by atoms with Crippen molar-refractivity contribution in [2.75, 3.05) is 5.73 Å². The molecule has 0 saturated carbocycles. The van der Waals surface area contributed by atoms with Gasteiger partial charge >= 0.3 is 0 Å². The van der Waals surface area contributed by atoms with Gasteiger partial charge in [0.1, 0.15) is 5.82 Å². The van der Waals surface area contributed by atoms with Crippen LogP contribution in [0.4, 0.5) is 10.2 Å². The molecule has 0 amide bonds. The number of benzene rings is 3. The van der Waals surface area contributed by atoms with Crippen molar-refractivity contribution in [1.29, 1.82) is 0 Å². The molecule has 4 aromatic rings. The summed E-state index contributed by atoms with van der Waals surface area (Å²) in [6.45, 7) is 0. The van der Waals surface area contributed by atoms with Crippen molar-refractivity contribution in [2.24, 2.45) is 0 Å². The van der Waals surface area contributed by atoms with Crippen molar-refractivity contribution < 1.29 is 4.39 Å². The van der Waals surface area contributed by atoms with E-state index in [2.05, 4.69) is 10.2 Å². The number of nitrogen functional groups attached to an aromatic ring is 1. The Morgan fingerprint density at radius 3 is 2.60 bits per heavy atom. The zero-order valence-corrected chi connectivity index (χ0v) is 14.4. The molecule has 0 fully saturated rings. The lowest BCUT2D eigenvalue weighted by molar-refractivity contribution is 0.628. The van der Waals surface area contributed by atoms with E-state index in [1.807, 2.05) is 30.3 Å². The van der Waals surface area contributed by atoms with E-state index in [0.29, 0.717) is 21.4 Å². The van der Waals surface area contributed by atoms with Gasteiger partial charge in [0.2, 0.25) is 0 Å². The standard InChI is InChI=1S/C19H12Cl2FN3/c20-16-3-1-2-13(18(16)21)12-7-5-11(22)9-15(12)10-4-6-14-17(8-10)24-25-19(14)23/h1-9H,(H3,23,24,25). The first-order valence-electron chi connectivity index (χ1n) is 7.52. The second kappa shape index (κ2) is 6.06. The van der Waals surface area contributed by atoms with Crippen LogP contribution in [0, 0.1) is 5.82 Å². The van der Waals surface area contributed by atoms with Gasteiger partial charge < -0.3 is 5.73 Å². The molecule has 1 aromatic heterocycles. The number of aromatic amines is 1. The predicted molar refractivity (Wildman–Crippen MR) is 101 cm³/mol. The fourth-order valence-electron chi connectivity index (χ4n) is 2.91. The molecule has 3 N–H and O–H groups in total. The normalized spacial score (nSPS) is 11.2. The van der Waals surface area contributed by atoms with E-state index in [-0.39, 0.29) is 5.82 Å². The van der Waals surface area contributed by atoms with Gasteiger partial charge in [-0.25, -0.2) is 4.39 Å². The summed E-state index contributed by atoms with van der Waals surface area (Å²) in [5.41, 5.74) is 9.66. The zero-order chi connectivity index (χ0) is 17.6. The minimum absolute atomic E-state index is 0.332. The Morgan fingerprint density at radius 2 is 1.76 bits per heavy atom. The van der Waals surface area contributed by atoms with E-state index >= 15 is 0 Å². The Balaban J connectivity index is 1.97. The molecule has 0 bridgehead atoms. The van der Waals surface area contributed by atoms with Crippen molar-refractivity contribution in [3.8, 4) is 22.3 Å². The number of halogens is 3. The molecule has 0 aliphatic rings. The minimum Gasteiger partial charge on any atom is -0.382 e. The van der Waals surface area contributed by atoms with E-state index in [9.17, 15) is 4.39 Å². The Morgan fingerprint density at radius 1 is 0.920 bits per heavy atom. The van der Waals surface area contributed by atoms with Gasteiger partial charge in [0.15, 0.2) is 5.82 Å². The van der Waals surface area contributed by atoms with Crippen LogP contribution in [0.1, 0.15) is 0 Å². The highest BCUT2D eigenvalue weighted by Crippen LogP contribution is 2.39. The number of rotatable bonds is 2. The number of H-pyrrole nitrogens is 1. The predicted octanol–water partition coefficient (Wildman–Crippen LogP) is 5.93. The Hall–Kier alpha value is -2.56. The third-order valence-corrected chi connectivity index (χ3v) is 4.95. The fourth-order valence-corrected chi connectivity index (χ4v) is 3.31. The maximum Gasteiger partial charge on any atom is 0.153 e. The SMILES string of the molecule is Nc1n[nH]c2cc(-c3cc(F)ccc3-c3cccc(Cl)c3Cl)ccc12. The van der Waals surface area contributed by atoms with Crippen LogP contribution in [0.15, 0.2) is 54.6 Å². The molecule has 6 heteroatoms. The lowest BCUT2D eigenvalue weighted by Crippen LogP contribution is -1.89. The molecule has 4 rings (SSSR count). The summed E-state index contributed by atoms with van der Waals surface area (Å²) in [5, 5.41) is 8.58. The van der Waals surface area contributed by atoms with Gasteiger partial charge in [0.05, 0.1) is 15.6 Å². The largest absolute Gasteiger partial charge is 0.382 e. The van der Waals surface area contributed by atoms with Crippen LogP contribution in [-0.2, 0) is 0 Å². The molecule has 0 aliphatic carbocycles. The second-order valence-corrected chi connectivity index (χ2v) is 6.45. The first-order valence-corrected chi connectivity index (χ1v) is 8.28. The van der Waals surface area contributed by atoms with E-state index in [1.54, 1.807) is 12.1 Å². The highest BCUT2D eigenvalue weighted by Gasteiger charge is 2.14. The lowest BCUT2D eigenvalue weighted by Gasteiger charge is -2.13. The second-order valence-electron chi connectivity index (χ2n) is 5.66. The van der Waals surface area contributed by atoms with Crippen molar-refractivity contribution in [2.45, 2.75) is 0 Å². The van der Waals surface area contributed by atoms with Crippen molar-refractivity contribution in [3.05, 3.63) is 70.5 Å². The third-order valence-electron chi connectivity index (χ3n) is 4.13. The van der Waals surface area contributed by atoms with Crippen molar-refractivity contribution in [1.82, 2.24) is 10.2 Å². The molecule has 25 heavy (non-hydrogen) atoms. The van der Waals surface area contributed by atoms with Crippen LogP contribution < -0.4 is 5.73 Å². The Bertz CT molecular complexity index is 1110. The molecule has 1 heterocycles. The molecule has 124 valence electrons. The summed E-state index contributed by atoms with van der Waals surface area (Å²) in [5.74, 6) is 0.0972. The Kier molecular flexibility index (Phi) is 3.86. The zero-order valence-electron chi connectivity index (χ0n) is 12.9. The quantitative estimate of drug-likeness (QED) is 0.459. The van der Waals surface area contributed by atoms with Crippen LogP contribution in [0.3, 0.4) is 0 Å². The molecule has 3 aromatic carbocycles. The molecular formula is C19H12Cl2FN3. The third kappa shape index (κ3) is 2.73. The molecule has 0 saturated heterocycles. The van der Waals surface area contributed by atoms with Crippen LogP contribution in [-0.4, -0.2) is 10.2 Å². The first kappa shape index (κ1) is 15.9. The molecule has 0 aliphatic heterocycles. The van der Waals surface area contributed by atoms with Crippen LogP contribution >= 0.6 is 23.2 Å². The van der Waals surface area contributed by atoms with E-state index in [4.69, 9.17) is 28.9 Å². The summed E-state index contributed by atoms with van der Waals surface area (Å²) in [7, 11) is 0. The van der Waals surface area contributed by atoms with Gasteiger partial charge in [-0.2, -0.15) is 5.10 Å². The van der Waals surface area contributed by atoms with Gasteiger partial charge in [-0.3, -0.25) is 5.10 Å². The van der Waals surface area contributed by atoms with E-state index < -0.39 is 0 Å². The number of nitrogens with one attached hydrogen (secondary N) is 1. The van der Waals surface area contributed by atoms with Gasteiger partial charge in [-0.15, -0.1) is 0 Å². The van der Waals surface area contributed by atoms with E-state index in [0.717, 1.165) is 27.6 Å². The van der Waals surface area contributed by atoms with Gasteiger partial charge in [-0.1, -0.05) is 47.5 Å². The maximum atomic E-state index is 13.9. The number of nitrogens with zero attached hydrogens (tertiary/aromatic N) is 1. The van der Waals surface area contributed by atoms with Crippen LogP contribution in [0.25, 0.3) is 33.2 Å². The number of anilines is 1. The summed E-state index contributed by atoms with van der Waals surface area (Å²) >= 11 is 12.5. The highest BCUT2D eigenvalue weighted by atomic mass is 35.5. The summed E-state index contributed by atoms with van der Waals surface area (Å²) < 4.78 is 13.9. The van der Waals surface area contributed by atoms with Crippen molar-refractivity contribution in [3.63, 3.8) is 0 Å². The number of aromatic nitrogens is 2. The molecule has 0 atom stereocenters. The van der Waals surface area contributed by atoms with Crippen LogP contribution in [0.2, 0.25) is 10.0 Å². The maximum absolute atomic E-state index is 13.9. The van der Waals surface area contributed by atoms with Gasteiger partial charge in [-0.05, 0) is 47.0 Å². The summed E-state index contributed by atoms with van der Waals surface area (Å²) in [6, 6.07) is 15.6. The summed E-state index contributed by atoms with van der Waals surface area (Å²) in [4.78, 5) is 0. The number of fused-ring (bicyclic) bond motifs is 1. The van der Waals surface area contributed by atoms with Gasteiger partial charge in [0.25, 0.3) is 0 Å². The minimum atomic E-state index is -0.332. The molecule has 0 spiro atoms. The monoisotopic (exact) mass is 371 g/mol. The van der Waals surface area contributed by atoms with E-state index in [1.165, 1.54) is 12.1 Å².